The van der Waals surface area contributed by atoms with E-state index in [0.29, 0.717) is 23.8 Å². The zero-order valence-corrected chi connectivity index (χ0v) is 20.8. The molecule has 0 saturated carbocycles. The summed E-state index contributed by atoms with van der Waals surface area (Å²) in [5.41, 5.74) is 3.61. The number of halogens is 1. The molecule has 0 bridgehead atoms. The molecule has 0 aliphatic carbocycles. The molecular formula is C22H28ClN3O3S2. The van der Waals surface area contributed by atoms with Crippen molar-refractivity contribution in [2.75, 3.05) is 37.8 Å². The minimum Gasteiger partial charge on any atom is -0.308 e. The van der Waals surface area contributed by atoms with Crippen molar-refractivity contribution in [3.63, 3.8) is 0 Å². The molecule has 3 rings (SSSR count). The molecule has 0 N–H and O–H groups in total. The summed E-state index contributed by atoms with van der Waals surface area (Å²) in [5.74, 6) is -0.162. The first-order valence-electron chi connectivity index (χ1n) is 9.79. The molecule has 31 heavy (non-hydrogen) atoms. The summed E-state index contributed by atoms with van der Waals surface area (Å²) in [7, 11) is 0.612. The Balaban J connectivity index is 0.00000341. The number of rotatable bonds is 7. The van der Waals surface area contributed by atoms with Gasteiger partial charge in [0.05, 0.1) is 20.9 Å². The number of nitrogens with zero attached hydrogens (tertiary/aromatic N) is 3. The third kappa shape index (κ3) is 5.63. The summed E-state index contributed by atoms with van der Waals surface area (Å²) in [5, 5.41) is 0.649. The Hall–Kier alpha value is -2.00. The monoisotopic (exact) mass is 481 g/mol. The SMILES string of the molecule is CCS(=O)(=O)c1ccc(C(=O)N(CCN(C)C)c2nc3cc(C)cc(C)c3s2)cc1.Cl. The minimum absolute atomic E-state index is 0. The van der Waals surface area contributed by atoms with E-state index >= 15 is 0 Å². The molecule has 0 aliphatic heterocycles. The Morgan fingerprint density at radius 3 is 2.29 bits per heavy atom. The first kappa shape index (κ1) is 25.3. The molecule has 0 atom stereocenters. The fourth-order valence-corrected chi connectivity index (χ4v) is 5.12. The van der Waals surface area contributed by atoms with Gasteiger partial charge in [-0.05, 0) is 69.4 Å². The third-order valence-electron chi connectivity index (χ3n) is 4.90. The molecule has 2 aromatic carbocycles. The Labute approximate surface area is 194 Å². The van der Waals surface area contributed by atoms with Crippen molar-refractivity contribution in [3.8, 4) is 0 Å². The maximum Gasteiger partial charge on any atom is 0.260 e. The van der Waals surface area contributed by atoms with Gasteiger partial charge in [0.25, 0.3) is 5.91 Å². The van der Waals surface area contributed by atoms with Crippen LogP contribution in [-0.2, 0) is 9.84 Å². The van der Waals surface area contributed by atoms with E-state index in [1.807, 2.05) is 32.0 Å². The van der Waals surface area contributed by atoms with Crippen molar-refractivity contribution in [2.45, 2.75) is 25.7 Å². The predicted molar refractivity (Wildman–Crippen MR) is 131 cm³/mol. The van der Waals surface area contributed by atoms with Gasteiger partial charge in [0, 0.05) is 18.7 Å². The number of amides is 1. The van der Waals surface area contributed by atoms with Gasteiger partial charge in [-0.3, -0.25) is 9.69 Å². The number of benzene rings is 2. The first-order chi connectivity index (χ1) is 14.1. The van der Waals surface area contributed by atoms with E-state index in [9.17, 15) is 13.2 Å². The summed E-state index contributed by atoms with van der Waals surface area (Å²) in [6, 6.07) is 10.3. The third-order valence-corrected chi connectivity index (χ3v) is 7.88. The highest BCUT2D eigenvalue weighted by Crippen LogP contribution is 2.32. The van der Waals surface area contributed by atoms with Crippen molar-refractivity contribution >= 4 is 54.8 Å². The van der Waals surface area contributed by atoms with Crippen molar-refractivity contribution < 1.29 is 13.2 Å². The maximum absolute atomic E-state index is 13.3. The fraction of sp³-hybridized carbons (Fsp3) is 0.364. The summed E-state index contributed by atoms with van der Waals surface area (Å²) in [4.78, 5) is 22.0. The lowest BCUT2D eigenvalue weighted by atomic mass is 10.1. The summed E-state index contributed by atoms with van der Waals surface area (Å²) in [6.07, 6.45) is 0. The number of likely N-dealkylation sites (N-methyl/N-ethyl adjacent to an activating group) is 1. The van der Waals surface area contributed by atoms with Gasteiger partial charge in [-0.15, -0.1) is 12.4 Å². The lowest BCUT2D eigenvalue weighted by molar-refractivity contribution is 0.0985. The second-order valence-corrected chi connectivity index (χ2v) is 10.9. The van der Waals surface area contributed by atoms with Crippen LogP contribution in [-0.4, -0.2) is 57.1 Å². The quantitative estimate of drug-likeness (QED) is 0.502. The number of carbonyl (C=O) groups is 1. The highest BCUT2D eigenvalue weighted by Gasteiger charge is 2.22. The predicted octanol–water partition coefficient (Wildman–Crippen LogP) is 4.34. The highest BCUT2D eigenvalue weighted by molar-refractivity contribution is 7.91. The van der Waals surface area contributed by atoms with E-state index in [-0.39, 0.29) is 29.0 Å². The number of fused-ring (bicyclic) bond motifs is 1. The lowest BCUT2D eigenvalue weighted by Crippen LogP contribution is -2.36. The van der Waals surface area contributed by atoms with E-state index in [0.717, 1.165) is 21.3 Å². The Morgan fingerprint density at radius 2 is 1.71 bits per heavy atom. The molecule has 0 saturated heterocycles. The number of anilines is 1. The maximum atomic E-state index is 13.3. The number of carbonyl (C=O) groups excluding carboxylic acids is 1. The second-order valence-electron chi connectivity index (χ2n) is 7.61. The van der Waals surface area contributed by atoms with Gasteiger partial charge in [-0.2, -0.15) is 0 Å². The van der Waals surface area contributed by atoms with E-state index in [1.165, 1.54) is 23.5 Å². The Bertz CT molecular complexity index is 1170. The van der Waals surface area contributed by atoms with Crippen molar-refractivity contribution in [1.82, 2.24) is 9.88 Å². The van der Waals surface area contributed by atoms with E-state index < -0.39 is 9.84 Å². The highest BCUT2D eigenvalue weighted by atomic mass is 35.5. The molecule has 0 spiro atoms. The molecule has 9 heteroatoms. The summed E-state index contributed by atoms with van der Waals surface area (Å²) >= 11 is 1.51. The average molecular weight is 482 g/mol. The largest absolute Gasteiger partial charge is 0.308 e. The first-order valence-corrected chi connectivity index (χ1v) is 12.3. The number of hydrogen-bond donors (Lipinski definition) is 0. The molecule has 0 aliphatic rings. The normalized spacial score (nSPS) is 11.5. The van der Waals surface area contributed by atoms with Crippen LogP contribution >= 0.6 is 23.7 Å². The molecule has 3 aromatic rings. The number of aryl methyl sites for hydroxylation is 2. The smallest absolute Gasteiger partial charge is 0.260 e. The zero-order chi connectivity index (χ0) is 22.1. The summed E-state index contributed by atoms with van der Waals surface area (Å²) < 4.78 is 25.2. The standard InChI is InChI=1S/C22H27N3O3S2.ClH/c1-6-30(27,28)18-9-7-17(8-10-18)21(26)25(12-11-24(4)5)22-23-19-14-15(2)13-16(3)20(19)29-22;/h7-10,13-14H,6,11-12H2,1-5H3;1H. The van der Waals surface area contributed by atoms with Gasteiger partial charge in [0.15, 0.2) is 15.0 Å². The number of hydrogen-bond acceptors (Lipinski definition) is 6. The topological polar surface area (TPSA) is 70.6 Å². The molecule has 0 unspecified atom stereocenters. The number of aromatic nitrogens is 1. The number of sulfone groups is 1. The molecule has 1 aromatic heterocycles. The van der Waals surface area contributed by atoms with Crippen LogP contribution in [0.5, 0.6) is 0 Å². The molecular weight excluding hydrogens is 454 g/mol. The van der Waals surface area contributed by atoms with Gasteiger partial charge in [0.1, 0.15) is 0 Å². The molecule has 0 fully saturated rings. The molecule has 6 nitrogen and oxygen atoms in total. The number of thiazole rings is 1. The van der Waals surface area contributed by atoms with Gasteiger partial charge in [0.2, 0.25) is 0 Å². The fourth-order valence-electron chi connectivity index (χ4n) is 3.19. The molecule has 0 radical (unpaired) electrons. The molecule has 1 heterocycles. The van der Waals surface area contributed by atoms with Gasteiger partial charge < -0.3 is 4.90 Å². The van der Waals surface area contributed by atoms with Crippen molar-refractivity contribution in [2.24, 2.45) is 0 Å². The average Bonchev–Trinajstić information content (AvgIpc) is 3.12. The minimum atomic E-state index is -3.30. The van der Waals surface area contributed by atoms with Crippen LogP contribution in [0, 0.1) is 13.8 Å². The van der Waals surface area contributed by atoms with E-state index in [1.54, 1.807) is 24.0 Å². The van der Waals surface area contributed by atoms with Gasteiger partial charge >= 0.3 is 0 Å². The van der Waals surface area contributed by atoms with Gasteiger partial charge in [-0.1, -0.05) is 24.3 Å². The van der Waals surface area contributed by atoms with Crippen molar-refractivity contribution in [3.05, 3.63) is 53.1 Å². The molecule has 1 amide bonds. The van der Waals surface area contributed by atoms with Crippen LogP contribution < -0.4 is 4.90 Å². The van der Waals surface area contributed by atoms with E-state index in [4.69, 9.17) is 4.98 Å². The lowest BCUT2D eigenvalue weighted by Gasteiger charge is -2.22. The zero-order valence-electron chi connectivity index (χ0n) is 18.4. The van der Waals surface area contributed by atoms with Crippen LogP contribution in [0.2, 0.25) is 0 Å². The van der Waals surface area contributed by atoms with Crippen LogP contribution in [0.3, 0.4) is 0 Å². The second kappa shape index (κ2) is 10.1. The Morgan fingerprint density at radius 1 is 1.06 bits per heavy atom. The van der Waals surface area contributed by atoms with E-state index in [2.05, 4.69) is 13.0 Å². The van der Waals surface area contributed by atoms with Gasteiger partial charge in [-0.25, -0.2) is 13.4 Å². The van der Waals surface area contributed by atoms with Crippen LogP contribution in [0.4, 0.5) is 5.13 Å². The van der Waals surface area contributed by atoms with Crippen LogP contribution in [0.15, 0.2) is 41.3 Å². The van der Waals surface area contributed by atoms with Crippen molar-refractivity contribution in [1.29, 1.82) is 0 Å². The Kier molecular flexibility index (Phi) is 8.21. The van der Waals surface area contributed by atoms with Crippen LogP contribution in [0.25, 0.3) is 10.2 Å². The molecule has 168 valence electrons. The van der Waals surface area contributed by atoms with Crippen LogP contribution in [0.1, 0.15) is 28.4 Å². The summed E-state index contributed by atoms with van der Waals surface area (Å²) in [6.45, 7) is 6.86.